The number of thiophene rings is 1. The van der Waals surface area contributed by atoms with E-state index < -0.39 is 17.8 Å². The van der Waals surface area contributed by atoms with Gasteiger partial charge < -0.3 is 15.2 Å². The number of halogens is 1. The number of nitrogens with zero attached hydrogens (tertiary/aromatic N) is 2. The molecule has 0 unspecified atom stereocenters. The van der Waals surface area contributed by atoms with Gasteiger partial charge in [0.05, 0.1) is 11.4 Å². The number of benzene rings is 1. The van der Waals surface area contributed by atoms with Crippen LogP contribution in [0.15, 0.2) is 48.8 Å². The van der Waals surface area contributed by atoms with Gasteiger partial charge in [0.1, 0.15) is 17.7 Å². The molecule has 0 bridgehead atoms. The molecular formula is C19H19FN4O2S. The Hall–Kier alpha value is -3.00. The van der Waals surface area contributed by atoms with Crippen LogP contribution in [0.3, 0.4) is 0 Å². The number of hydrogen-bond acceptors (Lipinski definition) is 4. The highest BCUT2D eigenvalue weighted by Gasteiger charge is 2.23. The van der Waals surface area contributed by atoms with Gasteiger partial charge >= 0.3 is 0 Å². The topological polar surface area (TPSA) is 76.0 Å². The Balaban J connectivity index is 1.72. The molecule has 140 valence electrons. The van der Waals surface area contributed by atoms with Crippen LogP contribution in [-0.4, -0.2) is 27.9 Å². The van der Waals surface area contributed by atoms with E-state index in [2.05, 4.69) is 15.6 Å². The summed E-state index contributed by atoms with van der Waals surface area (Å²) in [6.45, 7) is 1.69. The summed E-state index contributed by atoms with van der Waals surface area (Å²) in [7, 11) is 1.77. The molecule has 2 aromatic heterocycles. The Morgan fingerprint density at radius 1 is 1.26 bits per heavy atom. The molecular weight excluding hydrogens is 367 g/mol. The van der Waals surface area contributed by atoms with Gasteiger partial charge in [0.2, 0.25) is 5.91 Å². The van der Waals surface area contributed by atoms with Crippen molar-refractivity contribution in [2.24, 2.45) is 7.05 Å². The summed E-state index contributed by atoms with van der Waals surface area (Å²) in [5, 5.41) is 5.34. The molecule has 0 aliphatic heterocycles. The van der Waals surface area contributed by atoms with Crippen LogP contribution in [-0.2, 0) is 11.8 Å². The number of carbonyl (C=O) groups is 2. The largest absolute Gasteiger partial charge is 0.342 e. The highest BCUT2D eigenvalue weighted by Crippen LogP contribution is 2.23. The molecule has 27 heavy (non-hydrogen) atoms. The third-order valence-electron chi connectivity index (χ3n) is 4.01. The number of aryl methyl sites for hydroxylation is 2. The maximum absolute atomic E-state index is 14.3. The van der Waals surface area contributed by atoms with Gasteiger partial charge in [0.25, 0.3) is 5.91 Å². The molecule has 1 aromatic carbocycles. The molecule has 0 aliphatic carbocycles. The van der Waals surface area contributed by atoms with E-state index in [0.29, 0.717) is 16.3 Å². The second-order valence-electron chi connectivity index (χ2n) is 6.01. The van der Waals surface area contributed by atoms with Crippen molar-refractivity contribution in [2.75, 3.05) is 6.54 Å². The highest BCUT2D eigenvalue weighted by molar-refractivity contribution is 7.13. The van der Waals surface area contributed by atoms with E-state index in [1.54, 1.807) is 48.3 Å². The lowest BCUT2D eigenvalue weighted by Gasteiger charge is -2.19. The molecule has 0 fully saturated rings. The van der Waals surface area contributed by atoms with Crippen molar-refractivity contribution in [3.8, 4) is 0 Å². The predicted octanol–water partition coefficient (Wildman–Crippen LogP) is 2.56. The van der Waals surface area contributed by atoms with Gasteiger partial charge in [0, 0.05) is 29.9 Å². The first-order valence-electron chi connectivity index (χ1n) is 8.31. The fourth-order valence-corrected chi connectivity index (χ4v) is 3.45. The summed E-state index contributed by atoms with van der Waals surface area (Å²) in [4.78, 5) is 30.3. The fraction of sp³-hybridized carbons (Fsp3) is 0.211. The Kier molecular flexibility index (Phi) is 5.66. The number of imidazole rings is 1. The third-order valence-corrected chi connectivity index (χ3v) is 5.01. The van der Waals surface area contributed by atoms with E-state index in [1.807, 2.05) is 13.0 Å². The lowest BCUT2D eigenvalue weighted by Crippen LogP contribution is -2.39. The minimum atomic E-state index is -0.764. The number of carbonyl (C=O) groups excluding carboxylic acids is 2. The van der Waals surface area contributed by atoms with Crippen molar-refractivity contribution >= 4 is 23.2 Å². The zero-order chi connectivity index (χ0) is 19.4. The van der Waals surface area contributed by atoms with Crippen molar-refractivity contribution in [1.82, 2.24) is 20.2 Å². The quantitative estimate of drug-likeness (QED) is 0.684. The molecule has 2 heterocycles. The molecule has 0 spiro atoms. The summed E-state index contributed by atoms with van der Waals surface area (Å²) >= 11 is 1.35. The number of nitrogens with one attached hydrogen (secondary N) is 2. The first-order chi connectivity index (χ1) is 13.0. The summed E-state index contributed by atoms with van der Waals surface area (Å²) in [6.07, 6.45) is 3.30. The second-order valence-corrected chi connectivity index (χ2v) is 7.30. The van der Waals surface area contributed by atoms with Crippen LogP contribution in [0, 0.1) is 12.7 Å². The normalized spacial score (nSPS) is 11.8. The zero-order valence-corrected chi connectivity index (χ0v) is 15.7. The molecule has 1 atom stereocenters. The molecule has 0 saturated carbocycles. The number of aromatic nitrogens is 2. The van der Waals surface area contributed by atoms with E-state index in [0.717, 1.165) is 4.88 Å². The predicted molar refractivity (Wildman–Crippen MR) is 101 cm³/mol. The van der Waals surface area contributed by atoms with Gasteiger partial charge in [-0.15, -0.1) is 11.3 Å². The van der Waals surface area contributed by atoms with Gasteiger partial charge in [-0.1, -0.05) is 18.2 Å². The van der Waals surface area contributed by atoms with Crippen molar-refractivity contribution in [3.05, 3.63) is 75.8 Å². The van der Waals surface area contributed by atoms with Crippen LogP contribution >= 0.6 is 11.3 Å². The van der Waals surface area contributed by atoms with E-state index in [-0.39, 0.29) is 12.5 Å². The van der Waals surface area contributed by atoms with Gasteiger partial charge in [-0.2, -0.15) is 0 Å². The van der Waals surface area contributed by atoms with Crippen LogP contribution in [0.5, 0.6) is 0 Å². The average Bonchev–Trinajstić information content (AvgIpc) is 3.27. The Bertz CT molecular complexity index is 966. The molecule has 2 amide bonds. The minimum Gasteiger partial charge on any atom is -0.342 e. The number of hydrogen-bond donors (Lipinski definition) is 2. The number of amides is 2. The maximum Gasteiger partial charge on any atom is 0.261 e. The molecule has 0 aliphatic rings. The summed E-state index contributed by atoms with van der Waals surface area (Å²) in [5.41, 5.74) is 0.306. The molecule has 6 nitrogen and oxygen atoms in total. The molecule has 3 rings (SSSR count). The van der Waals surface area contributed by atoms with Crippen LogP contribution < -0.4 is 10.6 Å². The van der Waals surface area contributed by atoms with E-state index in [1.165, 1.54) is 17.4 Å². The van der Waals surface area contributed by atoms with Crippen molar-refractivity contribution in [3.63, 3.8) is 0 Å². The first-order valence-corrected chi connectivity index (χ1v) is 9.13. The Morgan fingerprint density at radius 3 is 2.67 bits per heavy atom. The minimum absolute atomic E-state index is 0.217. The van der Waals surface area contributed by atoms with Crippen LogP contribution in [0.1, 0.15) is 32.0 Å². The molecule has 8 heteroatoms. The Morgan fingerprint density at radius 2 is 2.04 bits per heavy atom. The summed E-state index contributed by atoms with van der Waals surface area (Å²) in [6, 6.07) is 9.00. The van der Waals surface area contributed by atoms with Gasteiger partial charge in [-0.05, 0) is 25.1 Å². The molecule has 2 N–H and O–H groups in total. The van der Waals surface area contributed by atoms with Crippen molar-refractivity contribution < 1.29 is 14.0 Å². The van der Waals surface area contributed by atoms with E-state index in [4.69, 9.17) is 0 Å². The molecule has 0 saturated heterocycles. The highest BCUT2D eigenvalue weighted by atomic mass is 32.1. The third kappa shape index (κ3) is 4.40. The smallest absolute Gasteiger partial charge is 0.261 e. The van der Waals surface area contributed by atoms with Gasteiger partial charge in [-0.25, -0.2) is 9.37 Å². The number of rotatable bonds is 6. The monoisotopic (exact) mass is 386 g/mol. The van der Waals surface area contributed by atoms with Crippen molar-refractivity contribution in [1.29, 1.82) is 0 Å². The van der Waals surface area contributed by atoms with Gasteiger partial charge in [-0.3, -0.25) is 9.59 Å². The second kappa shape index (κ2) is 8.13. The molecule has 0 radical (unpaired) electrons. The SMILES string of the molecule is Cc1ccc(C(=O)NCC(=O)N[C@H](c2ccccc2F)c2nccn2C)s1. The van der Waals surface area contributed by atoms with E-state index in [9.17, 15) is 14.0 Å². The van der Waals surface area contributed by atoms with E-state index >= 15 is 0 Å². The van der Waals surface area contributed by atoms with Crippen molar-refractivity contribution in [2.45, 2.75) is 13.0 Å². The van der Waals surface area contributed by atoms with Crippen LogP contribution in [0.4, 0.5) is 4.39 Å². The first kappa shape index (κ1) is 18.8. The molecule has 3 aromatic rings. The summed E-state index contributed by atoms with van der Waals surface area (Å²) < 4.78 is 16.0. The average molecular weight is 386 g/mol. The lowest BCUT2D eigenvalue weighted by molar-refractivity contribution is -0.120. The fourth-order valence-electron chi connectivity index (χ4n) is 2.66. The van der Waals surface area contributed by atoms with Gasteiger partial charge in [0.15, 0.2) is 0 Å². The maximum atomic E-state index is 14.3. The van der Waals surface area contributed by atoms with Crippen LogP contribution in [0.2, 0.25) is 0 Å². The Labute approximate surface area is 160 Å². The standard InChI is InChI=1S/C19H19FN4O2S/c1-12-7-8-15(27-12)19(26)22-11-16(25)23-17(18-21-9-10-24(18)2)13-5-3-4-6-14(13)20/h3-10,17H,11H2,1-2H3,(H,22,26)(H,23,25)/t17-/m1/s1. The van der Waals surface area contributed by atoms with Crippen LogP contribution in [0.25, 0.3) is 0 Å². The summed E-state index contributed by atoms with van der Waals surface area (Å²) in [5.74, 6) is -0.701. The lowest BCUT2D eigenvalue weighted by atomic mass is 10.1. The zero-order valence-electron chi connectivity index (χ0n) is 14.9.